The Bertz CT molecular complexity index is 699. The predicted molar refractivity (Wildman–Crippen MR) is 78.1 cm³/mol. The summed E-state index contributed by atoms with van der Waals surface area (Å²) in [5, 5.41) is 3.03. The maximum atomic E-state index is 12.5. The van der Waals surface area contributed by atoms with Gasteiger partial charge in [0.25, 0.3) is 0 Å². The average molecular weight is 327 g/mol. The van der Waals surface area contributed by atoms with Crippen LogP contribution in [0.4, 0.5) is 24.0 Å². The molecule has 2 heterocycles. The fourth-order valence-electron chi connectivity index (χ4n) is 2.32. The third kappa shape index (κ3) is 2.92. The van der Waals surface area contributed by atoms with E-state index in [1.807, 2.05) is 24.3 Å². The Balaban J connectivity index is 1.60. The SMILES string of the molecule is O=C1Cc2ccccc2N1CCNc1ncc(C(F)(F)F)s1. The Morgan fingerprint density at radius 2 is 2.09 bits per heavy atom. The highest BCUT2D eigenvalue weighted by molar-refractivity contribution is 7.15. The maximum Gasteiger partial charge on any atom is 0.427 e. The van der Waals surface area contributed by atoms with E-state index in [0.29, 0.717) is 30.8 Å². The largest absolute Gasteiger partial charge is 0.427 e. The number of rotatable bonds is 4. The zero-order chi connectivity index (χ0) is 15.7. The summed E-state index contributed by atoms with van der Waals surface area (Å²) in [5.74, 6) is -0.00174. The van der Waals surface area contributed by atoms with E-state index in [-0.39, 0.29) is 11.0 Å². The molecule has 1 amide bonds. The van der Waals surface area contributed by atoms with E-state index in [4.69, 9.17) is 0 Å². The second-order valence-electron chi connectivity index (χ2n) is 4.81. The van der Waals surface area contributed by atoms with E-state index >= 15 is 0 Å². The van der Waals surface area contributed by atoms with E-state index in [0.717, 1.165) is 17.4 Å². The van der Waals surface area contributed by atoms with Crippen LogP contribution >= 0.6 is 11.3 Å². The molecular weight excluding hydrogens is 315 g/mol. The summed E-state index contributed by atoms with van der Waals surface area (Å²) in [7, 11) is 0. The number of carbonyl (C=O) groups is 1. The number of nitrogens with zero attached hydrogens (tertiary/aromatic N) is 2. The van der Waals surface area contributed by atoms with Crippen LogP contribution in [0.3, 0.4) is 0 Å². The van der Waals surface area contributed by atoms with Gasteiger partial charge < -0.3 is 10.2 Å². The van der Waals surface area contributed by atoms with Gasteiger partial charge in [0.05, 0.1) is 12.6 Å². The van der Waals surface area contributed by atoms with Gasteiger partial charge in [-0.2, -0.15) is 13.2 Å². The second-order valence-corrected chi connectivity index (χ2v) is 5.84. The molecule has 0 fully saturated rings. The topological polar surface area (TPSA) is 45.2 Å². The summed E-state index contributed by atoms with van der Waals surface area (Å²) in [6, 6.07) is 7.50. The lowest BCUT2D eigenvalue weighted by molar-refractivity contribution is -0.134. The van der Waals surface area contributed by atoms with Crippen LogP contribution in [-0.2, 0) is 17.4 Å². The first-order chi connectivity index (χ1) is 10.4. The smallest absolute Gasteiger partial charge is 0.360 e. The summed E-state index contributed by atoms with van der Waals surface area (Å²) < 4.78 is 37.4. The van der Waals surface area contributed by atoms with Gasteiger partial charge in [0.1, 0.15) is 4.88 Å². The highest BCUT2D eigenvalue weighted by Gasteiger charge is 2.33. The molecular formula is C14H12F3N3OS. The molecule has 0 saturated carbocycles. The summed E-state index contributed by atoms with van der Waals surface area (Å²) in [5.41, 5.74) is 1.84. The van der Waals surface area contributed by atoms with Gasteiger partial charge in [0, 0.05) is 18.8 Å². The van der Waals surface area contributed by atoms with Gasteiger partial charge in [-0.05, 0) is 11.6 Å². The maximum absolute atomic E-state index is 12.5. The van der Waals surface area contributed by atoms with Crippen molar-refractivity contribution in [2.45, 2.75) is 12.6 Å². The number of hydrogen-bond acceptors (Lipinski definition) is 4. The van der Waals surface area contributed by atoms with E-state index in [1.54, 1.807) is 4.90 Å². The number of carbonyl (C=O) groups excluding carboxylic acids is 1. The minimum atomic E-state index is -4.37. The van der Waals surface area contributed by atoms with Crippen molar-refractivity contribution in [1.82, 2.24) is 4.98 Å². The molecule has 0 aliphatic carbocycles. The molecule has 1 N–H and O–H groups in total. The van der Waals surface area contributed by atoms with Crippen LogP contribution < -0.4 is 10.2 Å². The van der Waals surface area contributed by atoms with Crippen molar-refractivity contribution in [2.75, 3.05) is 23.3 Å². The zero-order valence-electron chi connectivity index (χ0n) is 11.4. The molecule has 1 aliphatic heterocycles. The molecule has 1 aromatic heterocycles. The molecule has 0 spiro atoms. The quantitative estimate of drug-likeness (QED) is 0.938. The normalized spacial score (nSPS) is 14.3. The Morgan fingerprint density at radius 1 is 1.32 bits per heavy atom. The molecule has 8 heteroatoms. The van der Waals surface area contributed by atoms with E-state index in [2.05, 4.69) is 10.3 Å². The standard InChI is InChI=1S/C14H12F3N3OS/c15-14(16,17)11-8-19-13(22-11)18-5-6-20-10-4-2-1-3-9(10)7-12(20)21/h1-4,8H,5-7H2,(H,18,19). The first kappa shape index (κ1) is 14.8. The Morgan fingerprint density at radius 3 is 2.82 bits per heavy atom. The van der Waals surface area contributed by atoms with Crippen LogP contribution in [0.5, 0.6) is 0 Å². The lowest BCUT2D eigenvalue weighted by Crippen LogP contribution is -2.31. The third-order valence-corrected chi connectivity index (χ3v) is 4.32. The van der Waals surface area contributed by atoms with E-state index in [1.165, 1.54) is 0 Å². The fourth-order valence-corrected chi connectivity index (χ4v) is 3.03. The molecule has 2 aromatic rings. The number of fused-ring (bicyclic) bond motifs is 1. The molecule has 116 valence electrons. The second kappa shape index (κ2) is 5.60. The van der Waals surface area contributed by atoms with Gasteiger partial charge in [-0.3, -0.25) is 4.79 Å². The van der Waals surface area contributed by atoms with Crippen LogP contribution in [0.1, 0.15) is 10.4 Å². The van der Waals surface area contributed by atoms with Crippen LogP contribution in [-0.4, -0.2) is 24.0 Å². The number of anilines is 2. The number of thiazole rings is 1. The number of aromatic nitrogens is 1. The van der Waals surface area contributed by atoms with E-state index < -0.39 is 11.1 Å². The van der Waals surface area contributed by atoms with Crippen LogP contribution in [0.25, 0.3) is 0 Å². The molecule has 0 bridgehead atoms. The van der Waals surface area contributed by atoms with Crippen molar-refractivity contribution in [3.63, 3.8) is 0 Å². The van der Waals surface area contributed by atoms with Crippen LogP contribution in [0.15, 0.2) is 30.5 Å². The van der Waals surface area contributed by atoms with Crippen molar-refractivity contribution in [3.8, 4) is 0 Å². The number of hydrogen-bond donors (Lipinski definition) is 1. The molecule has 0 atom stereocenters. The molecule has 3 rings (SSSR count). The highest BCUT2D eigenvalue weighted by Crippen LogP contribution is 2.35. The van der Waals surface area contributed by atoms with Crippen molar-refractivity contribution in [3.05, 3.63) is 40.9 Å². The number of alkyl halides is 3. The number of halogens is 3. The summed E-state index contributed by atoms with van der Waals surface area (Å²) in [6.45, 7) is 0.724. The minimum absolute atomic E-state index is 0.00174. The monoisotopic (exact) mass is 327 g/mol. The number of para-hydroxylation sites is 1. The average Bonchev–Trinajstić information content (AvgIpc) is 3.04. The lowest BCUT2D eigenvalue weighted by atomic mass is 10.2. The molecule has 4 nitrogen and oxygen atoms in total. The Kier molecular flexibility index (Phi) is 3.78. The van der Waals surface area contributed by atoms with Crippen LogP contribution in [0.2, 0.25) is 0 Å². The van der Waals surface area contributed by atoms with Crippen molar-refractivity contribution in [1.29, 1.82) is 0 Å². The number of benzene rings is 1. The first-order valence-corrected chi connectivity index (χ1v) is 7.42. The molecule has 1 aromatic carbocycles. The van der Waals surface area contributed by atoms with Gasteiger partial charge in [-0.25, -0.2) is 4.98 Å². The van der Waals surface area contributed by atoms with Gasteiger partial charge in [0.2, 0.25) is 5.91 Å². The van der Waals surface area contributed by atoms with Crippen molar-refractivity contribution >= 4 is 28.1 Å². The summed E-state index contributed by atoms with van der Waals surface area (Å²) in [4.78, 5) is 16.5. The van der Waals surface area contributed by atoms with Gasteiger partial charge in [-0.15, -0.1) is 0 Å². The van der Waals surface area contributed by atoms with Crippen LogP contribution in [0, 0.1) is 0 Å². The molecule has 0 unspecified atom stereocenters. The molecule has 0 saturated heterocycles. The molecule has 1 aliphatic rings. The van der Waals surface area contributed by atoms with Gasteiger partial charge in [0.15, 0.2) is 5.13 Å². The predicted octanol–water partition coefficient (Wildman–Crippen LogP) is 3.16. The minimum Gasteiger partial charge on any atom is -0.360 e. The van der Waals surface area contributed by atoms with Gasteiger partial charge >= 0.3 is 6.18 Å². The van der Waals surface area contributed by atoms with Gasteiger partial charge in [-0.1, -0.05) is 29.5 Å². The highest BCUT2D eigenvalue weighted by atomic mass is 32.1. The fraction of sp³-hybridized carbons (Fsp3) is 0.286. The number of nitrogens with one attached hydrogen (secondary N) is 1. The molecule has 0 radical (unpaired) electrons. The first-order valence-electron chi connectivity index (χ1n) is 6.60. The summed E-state index contributed by atoms with van der Waals surface area (Å²) in [6.07, 6.45) is -3.20. The molecule has 22 heavy (non-hydrogen) atoms. The summed E-state index contributed by atoms with van der Waals surface area (Å²) >= 11 is 0.558. The van der Waals surface area contributed by atoms with Crippen molar-refractivity contribution in [2.24, 2.45) is 0 Å². The number of amides is 1. The zero-order valence-corrected chi connectivity index (χ0v) is 12.2. The lowest BCUT2D eigenvalue weighted by Gasteiger charge is -2.17. The Hall–Kier alpha value is -2.09. The van der Waals surface area contributed by atoms with E-state index in [9.17, 15) is 18.0 Å². The Labute approximate surface area is 128 Å². The third-order valence-electron chi connectivity index (χ3n) is 3.32. The van der Waals surface area contributed by atoms with Crippen molar-refractivity contribution < 1.29 is 18.0 Å².